The number of thioether (sulfide) groups is 1. The van der Waals surface area contributed by atoms with E-state index in [1.54, 1.807) is 0 Å². The van der Waals surface area contributed by atoms with Crippen LogP contribution in [0.1, 0.15) is 51.0 Å². The van der Waals surface area contributed by atoms with Crippen LogP contribution >= 0.6 is 24.2 Å². The van der Waals surface area contributed by atoms with Crippen molar-refractivity contribution in [1.82, 2.24) is 10.2 Å². The second kappa shape index (κ2) is 10.0. The number of piperidine rings is 1. The van der Waals surface area contributed by atoms with Crippen molar-refractivity contribution in [2.75, 3.05) is 26.2 Å². The van der Waals surface area contributed by atoms with Gasteiger partial charge in [-0.05, 0) is 63.7 Å². The SMILES string of the molecule is CCNCC1CCN(C(=O)C2(Sc3ccc(C)cc3)CCCC2)CC1.Cl. The minimum absolute atomic E-state index is 0. The fourth-order valence-corrected chi connectivity index (χ4v) is 5.55. The first kappa shape index (κ1) is 21.6. The molecule has 1 aromatic carbocycles. The second-order valence-corrected chi connectivity index (χ2v) is 9.12. The fraction of sp³-hybridized carbons (Fsp3) is 0.667. The Morgan fingerprint density at radius 1 is 1.19 bits per heavy atom. The number of halogens is 1. The molecule has 26 heavy (non-hydrogen) atoms. The van der Waals surface area contributed by atoms with Gasteiger partial charge in [-0.25, -0.2) is 0 Å². The first-order chi connectivity index (χ1) is 12.1. The molecule has 0 aromatic heterocycles. The summed E-state index contributed by atoms with van der Waals surface area (Å²) in [5, 5.41) is 3.45. The number of rotatable bonds is 6. The molecule has 1 aliphatic heterocycles. The van der Waals surface area contributed by atoms with Crippen molar-refractivity contribution in [2.45, 2.75) is 62.0 Å². The molecule has 3 nitrogen and oxygen atoms in total. The van der Waals surface area contributed by atoms with Crippen LogP contribution in [-0.2, 0) is 4.79 Å². The van der Waals surface area contributed by atoms with Crippen LogP contribution in [0.25, 0.3) is 0 Å². The average Bonchev–Trinajstić information content (AvgIpc) is 3.11. The lowest BCUT2D eigenvalue weighted by Crippen LogP contribution is -2.49. The Morgan fingerprint density at radius 3 is 2.38 bits per heavy atom. The lowest BCUT2D eigenvalue weighted by atomic mass is 9.95. The molecule has 0 bridgehead atoms. The Morgan fingerprint density at radius 2 is 1.81 bits per heavy atom. The molecule has 5 heteroatoms. The Hall–Kier alpha value is -0.710. The number of benzene rings is 1. The Kier molecular flexibility index (Phi) is 8.31. The van der Waals surface area contributed by atoms with Crippen LogP contribution in [0.5, 0.6) is 0 Å². The summed E-state index contributed by atoms with van der Waals surface area (Å²) in [6, 6.07) is 8.66. The zero-order chi connectivity index (χ0) is 17.7. The molecule has 146 valence electrons. The van der Waals surface area contributed by atoms with Gasteiger partial charge >= 0.3 is 0 Å². The van der Waals surface area contributed by atoms with Gasteiger partial charge in [0.25, 0.3) is 0 Å². The summed E-state index contributed by atoms with van der Waals surface area (Å²) < 4.78 is -0.218. The van der Waals surface area contributed by atoms with E-state index in [2.05, 4.69) is 48.3 Å². The maximum atomic E-state index is 13.4. The smallest absolute Gasteiger partial charge is 0.239 e. The molecule has 1 amide bonds. The molecule has 2 aliphatic rings. The van der Waals surface area contributed by atoms with E-state index in [0.29, 0.717) is 5.91 Å². The van der Waals surface area contributed by atoms with E-state index in [9.17, 15) is 4.79 Å². The van der Waals surface area contributed by atoms with Crippen LogP contribution in [-0.4, -0.2) is 41.7 Å². The molecule has 1 aromatic rings. The zero-order valence-corrected chi connectivity index (χ0v) is 17.8. The van der Waals surface area contributed by atoms with Gasteiger partial charge in [-0.1, -0.05) is 37.5 Å². The molecule has 2 fully saturated rings. The summed E-state index contributed by atoms with van der Waals surface area (Å²) in [4.78, 5) is 16.8. The van der Waals surface area contributed by atoms with Gasteiger partial charge < -0.3 is 10.2 Å². The molecule has 3 rings (SSSR count). The van der Waals surface area contributed by atoms with E-state index in [0.717, 1.165) is 57.8 Å². The van der Waals surface area contributed by atoms with Crippen molar-refractivity contribution in [3.63, 3.8) is 0 Å². The van der Waals surface area contributed by atoms with Gasteiger partial charge in [0.15, 0.2) is 0 Å². The highest BCUT2D eigenvalue weighted by Gasteiger charge is 2.45. The molecule has 1 saturated heterocycles. The molecule has 1 heterocycles. The minimum Gasteiger partial charge on any atom is -0.341 e. The Labute approximate surface area is 169 Å². The third kappa shape index (κ3) is 5.17. The van der Waals surface area contributed by atoms with E-state index < -0.39 is 0 Å². The Bertz CT molecular complexity index is 564. The summed E-state index contributed by atoms with van der Waals surface area (Å²) >= 11 is 1.82. The number of hydrogen-bond donors (Lipinski definition) is 1. The van der Waals surface area contributed by atoms with Gasteiger partial charge in [0, 0.05) is 18.0 Å². The number of amides is 1. The van der Waals surface area contributed by atoms with Gasteiger partial charge in [-0.3, -0.25) is 4.79 Å². The predicted octanol–water partition coefficient (Wildman–Crippen LogP) is 4.67. The van der Waals surface area contributed by atoms with E-state index in [-0.39, 0.29) is 17.2 Å². The highest BCUT2D eigenvalue weighted by molar-refractivity contribution is 8.01. The summed E-state index contributed by atoms with van der Waals surface area (Å²) in [5.74, 6) is 1.13. The van der Waals surface area contributed by atoms with E-state index >= 15 is 0 Å². The maximum absolute atomic E-state index is 13.4. The van der Waals surface area contributed by atoms with Crippen LogP contribution in [0, 0.1) is 12.8 Å². The van der Waals surface area contributed by atoms with Crippen LogP contribution in [0.2, 0.25) is 0 Å². The molecule has 1 N–H and O–H groups in total. The summed E-state index contributed by atoms with van der Waals surface area (Å²) in [7, 11) is 0. The van der Waals surface area contributed by atoms with Gasteiger partial charge in [0.2, 0.25) is 5.91 Å². The third-order valence-electron chi connectivity index (χ3n) is 5.72. The first-order valence-corrected chi connectivity index (χ1v) is 10.7. The topological polar surface area (TPSA) is 32.3 Å². The fourth-order valence-electron chi connectivity index (χ4n) is 4.11. The number of aryl methyl sites for hydroxylation is 1. The third-order valence-corrected chi connectivity index (χ3v) is 7.20. The lowest BCUT2D eigenvalue weighted by Gasteiger charge is -2.38. The average molecular weight is 397 g/mol. The highest BCUT2D eigenvalue weighted by Crippen LogP contribution is 2.47. The summed E-state index contributed by atoms with van der Waals surface area (Å²) in [5.41, 5.74) is 1.28. The lowest BCUT2D eigenvalue weighted by molar-refractivity contribution is -0.135. The monoisotopic (exact) mass is 396 g/mol. The van der Waals surface area contributed by atoms with Gasteiger partial charge in [0.05, 0.1) is 4.75 Å². The van der Waals surface area contributed by atoms with Crippen molar-refractivity contribution < 1.29 is 4.79 Å². The largest absolute Gasteiger partial charge is 0.341 e. The molecule has 1 aliphatic carbocycles. The highest BCUT2D eigenvalue weighted by atomic mass is 35.5. The maximum Gasteiger partial charge on any atom is 0.239 e. The van der Waals surface area contributed by atoms with E-state index in [1.807, 2.05) is 11.8 Å². The quantitative estimate of drug-likeness (QED) is 0.758. The zero-order valence-electron chi connectivity index (χ0n) is 16.1. The van der Waals surface area contributed by atoms with Crippen molar-refractivity contribution in [3.8, 4) is 0 Å². The van der Waals surface area contributed by atoms with Crippen LogP contribution in [0.15, 0.2) is 29.2 Å². The van der Waals surface area contributed by atoms with Crippen molar-refractivity contribution >= 4 is 30.1 Å². The number of likely N-dealkylation sites (tertiary alicyclic amines) is 1. The van der Waals surface area contributed by atoms with E-state index in [1.165, 1.54) is 23.3 Å². The minimum atomic E-state index is -0.218. The number of nitrogens with one attached hydrogen (secondary N) is 1. The van der Waals surface area contributed by atoms with Gasteiger partial charge in [-0.2, -0.15) is 0 Å². The molecule has 0 atom stereocenters. The standard InChI is InChI=1S/C21H32N2OS.ClH/c1-3-22-16-18-10-14-23(15-11-18)20(24)21(12-4-5-13-21)25-19-8-6-17(2)7-9-19;/h6-9,18,22H,3-5,10-16H2,1-2H3;1H. The molecule has 0 spiro atoms. The van der Waals surface area contributed by atoms with Crippen molar-refractivity contribution in [1.29, 1.82) is 0 Å². The number of carbonyl (C=O) groups excluding carboxylic acids is 1. The normalized spacial score (nSPS) is 20.0. The summed E-state index contributed by atoms with van der Waals surface area (Å²) in [6.45, 7) is 8.28. The van der Waals surface area contributed by atoms with Gasteiger partial charge in [0.1, 0.15) is 0 Å². The van der Waals surface area contributed by atoms with Crippen LogP contribution < -0.4 is 5.32 Å². The van der Waals surface area contributed by atoms with Crippen LogP contribution in [0.3, 0.4) is 0 Å². The Balaban J connectivity index is 0.00000243. The molecular formula is C21H33ClN2OS. The second-order valence-electron chi connectivity index (χ2n) is 7.66. The number of nitrogens with zero attached hydrogens (tertiary/aromatic N) is 1. The predicted molar refractivity (Wildman–Crippen MR) is 113 cm³/mol. The molecule has 0 unspecified atom stereocenters. The van der Waals surface area contributed by atoms with Crippen LogP contribution in [0.4, 0.5) is 0 Å². The van der Waals surface area contributed by atoms with Crippen molar-refractivity contribution in [2.24, 2.45) is 5.92 Å². The molecular weight excluding hydrogens is 364 g/mol. The molecule has 1 saturated carbocycles. The van der Waals surface area contributed by atoms with E-state index in [4.69, 9.17) is 0 Å². The number of carbonyl (C=O) groups is 1. The van der Waals surface area contributed by atoms with Gasteiger partial charge in [-0.15, -0.1) is 24.2 Å². The summed E-state index contributed by atoms with van der Waals surface area (Å²) in [6.07, 6.45) is 6.71. The first-order valence-electron chi connectivity index (χ1n) is 9.89. The van der Waals surface area contributed by atoms with Crippen molar-refractivity contribution in [3.05, 3.63) is 29.8 Å². The molecule has 0 radical (unpaired) electrons. The number of hydrogen-bond acceptors (Lipinski definition) is 3.